The number of carbonyl (C=O) groups is 1. The molecule has 1 fully saturated rings. The molecule has 0 radical (unpaired) electrons. The predicted molar refractivity (Wildman–Crippen MR) is 63.0 cm³/mol. The van der Waals surface area contributed by atoms with Crippen molar-refractivity contribution in [3.05, 3.63) is 0 Å². The van der Waals surface area contributed by atoms with Crippen LogP contribution in [0.3, 0.4) is 0 Å². The summed E-state index contributed by atoms with van der Waals surface area (Å²) in [5.74, 6) is 2.04. The number of hydrogen-bond donors (Lipinski definition) is 3. The number of nitrogens with one attached hydrogen (secondary N) is 2. The number of hydrogen-bond acceptors (Lipinski definition) is 4. The van der Waals surface area contributed by atoms with Crippen LogP contribution in [0.25, 0.3) is 0 Å². The van der Waals surface area contributed by atoms with Gasteiger partial charge in [0.25, 0.3) is 0 Å². The zero-order valence-electron chi connectivity index (χ0n) is 9.16. The number of aliphatic hydroxyl groups is 1. The SMILES string of the molecule is CC(O)CCCNC(=O)C1CSCCN1. The smallest absolute Gasteiger partial charge is 0.237 e. The molecular formula is C10H20N2O2S. The largest absolute Gasteiger partial charge is 0.393 e. The Morgan fingerprint density at radius 3 is 3.13 bits per heavy atom. The van der Waals surface area contributed by atoms with Gasteiger partial charge in [0.1, 0.15) is 0 Å². The van der Waals surface area contributed by atoms with Crippen LogP contribution >= 0.6 is 11.8 Å². The van der Waals surface area contributed by atoms with Gasteiger partial charge in [-0.2, -0.15) is 11.8 Å². The first-order valence-corrected chi connectivity index (χ1v) is 6.62. The van der Waals surface area contributed by atoms with Crippen molar-refractivity contribution < 1.29 is 9.90 Å². The van der Waals surface area contributed by atoms with Gasteiger partial charge in [0, 0.05) is 24.6 Å². The lowest BCUT2D eigenvalue weighted by molar-refractivity contribution is -0.122. The minimum Gasteiger partial charge on any atom is -0.393 e. The Morgan fingerprint density at radius 2 is 2.53 bits per heavy atom. The van der Waals surface area contributed by atoms with Gasteiger partial charge in [0.05, 0.1) is 12.1 Å². The number of aliphatic hydroxyl groups excluding tert-OH is 1. The Morgan fingerprint density at radius 1 is 1.73 bits per heavy atom. The van der Waals surface area contributed by atoms with Gasteiger partial charge in [-0.15, -0.1) is 0 Å². The summed E-state index contributed by atoms with van der Waals surface area (Å²) in [6.07, 6.45) is 1.31. The van der Waals surface area contributed by atoms with Crippen LogP contribution in [-0.2, 0) is 4.79 Å². The molecule has 4 nitrogen and oxygen atoms in total. The lowest BCUT2D eigenvalue weighted by atomic mass is 10.2. The number of rotatable bonds is 5. The molecule has 0 aromatic carbocycles. The average Bonchev–Trinajstić information content (AvgIpc) is 2.25. The Balaban J connectivity index is 2.07. The van der Waals surface area contributed by atoms with E-state index in [0.717, 1.165) is 30.9 Å². The number of carbonyl (C=O) groups excluding carboxylic acids is 1. The van der Waals surface area contributed by atoms with E-state index in [2.05, 4.69) is 10.6 Å². The zero-order valence-corrected chi connectivity index (χ0v) is 9.98. The maximum Gasteiger partial charge on any atom is 0.237 e. The maximum atomic E-state index is 11.6. The van der Waals surface area contributed by atoms with E-state index >= 15 is 0 Å². The van der Waals surface area contributed by atoms with Crippen molar-refractivity contribution in [1.29, 1.82) is 0 Å². The van der Waals surface area contributed by atoms with Crippen molar-refractivity contribution in [3.8, 4) is 0 Å². The van der Waals surface area contributed by atoms with Crippen LogP contribution in [-0.4, -0.2) is 47.8 Å². The molecule has 0 bridgehead atoms. The van der Waals surface area contributed by atoms with E-state index in [9.17, 15) is 4.79 Å². The first-order valence-electron chi connectivity index (χ1n) is 5.47. The molecule has 1 aliphatic heterocycles. The molecule has 5 heteroatoms. The predicted octanol–water partition coefficient (Wildman–Crippen LogP) is -0.0314. The van der Waals surface area contributed by atoms with E-state index in [1.165, 1.54) is 0 Å². The van der Waals surface area contributed by atoms with Crippen molar-refractivity contribution in [2.75, 3.05) is 24.6 Å². The highest BCUT2D eigenvalue weighted by atomic mass is 32.2. The van der Waals surface area contributed by atoms with Crippen molar-refractivity contribution in [2.24, 2.45) is 0 Å². The maximum absolute atomic E-state index is 11.6. The second kappa shape index (κ2) is 7.09. The summed E-state index contributed by atoms with van der Waals surface area (Å²) in [6, 6.07) is -0.0321. The number of amides is 1. The molecule has 0 saturated carbocycles. The minimum absolute atomic E-state index is 0.0321. The number of thioether (sulfide) groups is 1. The second-order valence-corrected chi connectivity index (χ2v) is 5.01. The molecule has 1 heterocycles. The van der Waals surface area contributed by atoms with Gasteiger partial charge >= 0.3 is 0 Å². The van der Waals surface area contributed by atoms with Gasteiger partial charge in [-0.05, 0) is 19.8 Å². The Labute approximate surface area is 95.2 Å². The fourth-order valence-corrected chi connectivity index (χ4v) is 2.40. The van der Waals surface area contributed by atoms with Gasteiger partial charge in [0.15, 0.2) is 0 Å². The first kappa shape index (κ1) is 12.8. The molecule has 2 atom stereocenters. The summed E-state index contributed by atoms with van der Waals surface area (Å²) < 4.78 is 0. The second-order valence-electron chi connectivity index (χ2n) is 3.86. The molecule has 0 spiro atoms. The Kier molecular flexibility index (Phi) is 6.05. The third-order valence-corrected chi connectivity index (χ3v) is 3.40. The molecule has 2 unspecified atom stereocenters. The van der Waals surface area contributed by atoms with Crippen molar-refractivity contribution in [1.82, 2.24) is 10.6 Å². The van der Waals surface area contributed by atoms with Crippen molar-refractivity contribution in [2.45, 2.75) is 31.9 Å². The van der Waals surface area contributed by atoms with Crippen LogP contribution in [0.1, 0.15) is 19.8 Å². The molecule has 0 aliphatic carbocycles. The average molecular weight is 232 g/mol. The van der Waals surface area contributed by atoms with Gasteiger partial charge in [-0.3, -0.25) is 4.79 Å². The minimum atomic E-state index is -0.273. The standard InChI is InChI=1S/C10H20N2O2S/c1-8(13)3-2-4-12-10(14)9-7-15-6-5-11-9/h8-9,11,13H,2-7H2,1H3,(H,12,14). The van der Waals surface area contributed by atoms with Gasteiger partial charge in [-0.1, -0.05) is 0 Å². The van der Waals surface area contributed by atoms with E-state index in [1.807, 2.05) is 11.8 Å². The summed E-state index contributed by atoms with van der Waals surface area (Å²) >= 11 is 1.81. The molecule has 3 N–H and O–H groups in total. The molecule has 0 aromatic heterocycles. The van der Waals surface area contributed by atoms with E-state index in [0.29, 0.717) is 6.54 Å². The lowest BCUT2D eigenvalue weighted by Crippen LogP contribution is -2.49. The van der Waals surface area contributed by atoms with Crippen LogP contribution in [0.15, 0.2) is 0 Å². The summed E-state index contributed by atoms with van der Waals surface area (Å²) in [5.41, 5.74) is 0. The molecule has 1 rings (SSSR count). The highest BCUT2D eigenvalue weighted by molar-refractivity contribution is 7.99. The Bertz CT molecular complexity index is 194. The molecular weight excluding hydrogens is 212 g/mol. The quantitative estimate of drug-likeness (QED) is 0.583. The molecule has 1 saturated heterocycles. The highest BCUT2D eigenvalue weighted by Gasteiger charge is 2.19. The van der Waals surface area contributed by atoms with E-state index < -0.39 is 0 Å². The fraction of sp³-hybridized carbons (Fsp3) is 0.900. The van der Waals surface area contributed by atoms with Crippen molar-refractivity contribution in [3.63, 3.8) is 0 Å². The monoisotopic (exact) mass is 232 g/mol. The molecule has 1 aliphatic rings. The Hall–Kier alpha value is -0.260. The zero-order chi connectivity index (χ0) is 11.1. The van der Waals surface area contributed by atoms with E-state index in [-0.39, 0.29) is 18.1 Å². The molecule has 1 amide bonds. The van der Waals surface area contributed by atoms with Gasteiger partial charge < -0.3 is 15.7 Å². The van der Waals surface area contributed by atoms with Crippen LogP contribution in [0.2, 0.25) is 0 Å². The first-order chi connectivity index (χ1) is 7.20. The summed E-state index contributed by atoms with van der Waals surface area (Å²) in [4.78, 5) is 11.6. The van der Waals surface area contributed by atoms with Crippen molar-refractivity contribution >= 4 is 17.7 Å². The lowest BCUT2D eigenvalue weighted by Gasteiger charge is -2.22. The topological polar surface area (TPSA) is 61.4 Å². The van der Waals surface area contributed by atoms with Crippen LogP contribution in [0.4, 0.5) is 0 Å². The third kappa shape index (κ3) is 5.39. The van der Waals surface area contributed by atoms with E-state index in [4.69, 9.17) is 5.11 Å². The van der Waals surface area contributed by atoms with Crippen LogP contribution in [0.5, 0.6) is 0 Å². The molecule has 0 aromatic rings. The summed E-state index contributed by atoms with van der Waals surface area (Å²) in [7, 11) is 0. The fourth-order valence-electron chi connectivity index (χ4n) is 1.47. The van der Waals surface area contributed by atoms with Crippen LogP contribution in [0, 0.1) is 0 Å². The molecule has 88 valence electrons. The molecule has 15 heavy (non-hydrogen) atoms. The highest BCUT2D eigenvalue weighted by Crippen LogP contribution is 2.07. The summed E-state index contributed by atoms with van der Waals surface area (Å²) in [5, 5.41) is 15.1. The van der Waals surface area contributed by atoms with Gasteiger partial charge in [0.2, 0.25) is 5.91 Å². The normalized spacial score (nSPS) is 23.5. The van der Waals surface area contributed by atoms with Crippen LogP contribution < -0.4 is 10.6 Å². The summed E-state index contributed by atoms with van der Waals surface area (Å²) in [6.45, 7) is 3.34. The van der Waals surface area contributed by atoms with Gasteiger partial charge in [-0.25, -0.2) is 0 Å². The third-order valence-electron chi connectivity index (χ3n) is 2.34. The van der Waals surface area contributed by atoms with E-state index in [1.54, 1.807) is 6.92 Å².